The van der Waals surface area contributed by atoms with Crippen molar-refractivity contribution in [1.29, 1.82) is 0 Å². The number of rotatable bonds is 4. The SMILES string of the molecule is O=[N+]([O-])c1ccccc1C[NH2+]C1CCCC1. The summed E-state index contributed by atoms with van der Waals surface area (Å²) in [5.41, 5.74) is 1.08. The maximum atomic E-state index is 10.8. The Morgan fingerprint density at radius 3 is 2.69 bits per heavy atom. The second-order valence-corrected chi connectivity index (χ2v) is 4.37. The number of quaternary nitrogens is 1. The van der Waals surface area contributed by atoms with E-state index in [9.17, 15) is 10.1 Å². The van der Waals surface area contributed by atoms with Crippen molar-refractivity contribution >= 4 is 5.69 Å². The summed E-state index contributed by atoms with van der Waals surface area (Å²) in [7, 11) is 0. The summed E-state index contributed by atoms with van der Waals surface area (Å²) < 4.78 is 0. The highest BCUT2D eigenvalue weighted by Crippen LogP contribution is 2.17. The lowest BCUT2D eigenvalue weighted by Crippen LogP contribution is -2.87. The molecule has 1 aliphatic rings. The third-order valence-electron chi connectivity index (χ3n) is 3.26. The minimum atomic E-state index is -0.294. The molecule has 1 saturated carbocycles. The van der Waals surface area contributed by atoms with Gasteiger partial charge < -0.3 is 5.32 Å². The molecule has 4 heteroatoms. The van der Waals surface area contributed by atoms with E-state index in [-0.39, 0.29) is 10.6 Å². The Morgan fingerprint density at radius 2 is 2.00 bits per heavy atom. The fraction of sp³-hybridized carbons (Fsp3) is 0.500. The first-order valence-electron chi connectivity index (χ1n) is 5.83. The van der Waals surface area contributed by atoms with Gasteiger partial charge in [0.2, 0.25) is 0 Å². The molecule has 2 N–H and O–H groups in total. The summed E-state index contributed by atoms with van der Waals surface area (Å²) in [6, 6.07) is 7.68. The number of benzene rings is 1. The highest BCUT2D eigenvalue weighted by Gasteiger charge is 2.20. The zero-order chi connectivity index (χ0) is 11.4. The number of nitro groups is 1. The van der Waals surface area contributed by atoms with Crippen LogP contribution in [0.4, 0.5) is 5.69 Å². The van der Waals surface area contributed by atoms with Gasteiger partial charge in [-0.25, -0.2) is 0 Å². The molecule has 0 aromatic heterocycles. The summed E-state index contributed by atoms with van der Waals surface area (Å²) in [4.78, 5) is 10.5. The predicted molar refractivity (Wildman–Crippen MR) is 61.0 cm³/mol. The Balaban J connectivity index is 2.00. The van der Waals surface area contributed by atoms with E-state index in [2.05, 4.69) is 5.32 Å². The van der Waals surface area contributed by atoms with E-state index in [0.29, 0.717) is 6.04 Å². The third kappa shape index (κ3) is 2.58. The van der Waals surface area contributed by atoms with Crippen LogP contribution < -0.4 is 5.32 Å². The molecule has 2 rings (SSSR count). The summed E-state index contributed by atoms with van der Waals surface area (Å²) in [6.07, 6.45) is 5.11. The predicted octanol–water partition coefficient (Wildman–Crippen LogP) is 1.60. The minimum Gasteiger partial charge on any atom is -0.340 e. The molecule has 4 nitrogen and oxygen atoms in total. The van der Waals surface area contributed by atoms with Gasteiger partial charge in [0.05, 0.1) is 16.5 Å². The molecule has 16 heavy (non-hydrogen) atoms. The first-order chi connectivity index (χ1) is 7.77. The quantitative estimate of drug-likeness (QED) is 0.620. The highest BCUT2D eigenvalue weighted by molar-refractivity contribution is 5.38. The third-order valence-corrected chi connectivity index (χ3v) is 3.26. The molecule has 0 radical (unpaired) electrons. The van der Waals surface area contributed by atoms with Gasteiger partial charge in [-0.2, -0.15) is 0 Å². The molecule has 0 atom stereocenters. The van der Waals surface area contributed by atoms with Crippen molar-refractivity contribution in [3.8, 4) is 0 Å². The van der Waals surface area contributed by atoms with Crippen LogP contribution in [0.1, 0.15) is 31.2 Å². The van der Waals surface area contributed by atoms with Crippen LogP contribution in [0.5, 0.6) is 0 Å². The van der Waals surface area contributed by atoms with Gasteiger partial charge in [0, 0.05) is 6.07 Å². The largest absolute Gasteiger partial charge is 0.340 e. The summed E-state index contributed by atoms with van der Waals surface area (Å²) in [6.45, 7) is 0.724. The Kier molecular flexibility index (Phi) is 3.51. The van der Waals surface area contributed by atoms with Crippen LogP contribution >= 0.6 is 0 Å². The molecule has 1 aliphatic carbocycles. The van der Waals surface area contributed by atoms with Crippen molar-refractivity contribution in [1.82, 2.24) is 0 Å². The second-order valence-electron chi connectivity index (χ2n) is 4.37. The Bertz CT molecular complexity index is 373. The van der Waals surface area contributed by atoms with Gasteiger partial charge in [-0.1, -0.05) is 12.1 Å². The molecule has 0 spiro atoms. The zero-order valence-corrected chi connectivity index (χ0v) is 9.26. The lowest BCUT2D eigenvalue weighted by Gasteiger charge is -2.08. The van der Waals surface area contributed by atoms with Crippen molar-refractivity contribution < 1.29 is 10.2 Å². The maximum Gasteiger partial charge on any atom is 0.278 e. The molecule has 0 bridgehead atoms. The Hall–Kier alpha value is -1.42. The van der Waals surface area contributed by atoms with Gasteiger partial charge in [0.15, 0.2) is 0 Å². The average Bonchev–Trinajstić information content (AvgIpc) is 2.79. The van der Waals surface area contributed by atoms with Gasteiger partial charge in [-0.3, -0.25) is 10.1 Å². The van der Waals surface area contributed by atoms with Crippen LogP contribution in [0.15, 0.2) is 24.3 Å². The number of nitro benzene ring substituents is 1. The van der Waals surface area contributed by atoms with E-state index in [1.165, 1.54) is 25.7 Å². The molecule has 0 unspecified atom stereocenters. The average molecular weight is 221 g/mol. The molecule has 0 heterocycles. The van der Waals surface area contributed by atoms with Gasteiger partial charge in [-0.15, -0.1) is 0 Å². The van der Waals surface area contributed by atoms with Crippen molar-refractivity contribution in [2.75, 3.05) is 0 Å². The molecule has 86 valence electrons. The van der Waals surface area contributed by atoms with Gasteiger partial charge in [-0.05, 0) is 31.7 Å². The van der Waals surface area contributed by atoms with Crippen molar-refractivity contribution in [2.45, 2.75) is 38.3 Å². The fourth-order valence-corrected chi connectivity index (χ4v) is 2.35. The van der Waals surface area contributed by atoms with Gasteiger partial charge >= 0.3 is 0 Å². The van der Waals surface area contributed by atoms with E-state index >= 15 is 0 Å². The number of nitrogens with zero attached hydrogens (tertiary/aromatic N) is 1. The maximum absolute atomic E-state index is 10.8. The Labute approximate surface area is 94.8 Å². The van der Waals surface area contributed by atoms with Crippen LogP contribution in [0.3, 0.4) is 0 Å². The first kappa shape index (κ1) is 11.1. The first-order valence-corrected chi connectivity index (χ1v) is 5.83. The second kappa shape index (κ2) is 5.07. The molecule has 0 aliphatic heterocycles. The van der Waals surface area contributed by atoms with E-state index in [0.717, 1.165) is 12.1 Å². The normalized spacial score (nSPS) is 16.5. The van der Waals surface area contributed by atoms with Crippen molar-refractivity contribution in [3.63, 3.8) is 0 Å². The zero-order valence-electron chi connectivity index (χ0n) is 9.26. The summed E-state index contributed by atoms with van der Waals surface area (Å²) >= 11 is 0. The lowest BCUT2D eigenvalue weighted by molar-refractivity contribution is -0.703. The number of hydrogen-bond donors (Lipinski definition) is 1. The molecule has 1 aromatic rings. The smallest absolute Gasteiger partial charge is 0.278 e. The number of nitrogens with two attached hydrogens (primary N) is 1. The standard InChI is InChI=1S/C12H16N2O2/c15-14(16)12-8-4-1-5-10(12)9-13-11-6-2-3-7-11/h1,4-5,8,11,13H,2-3,6-7,9H2/p+1. The van der Waals surface area contributed by atoms with Gasteiger partial charge in [0.1, 0.15) is 6.54 Å². The van der Waals surface area contributed by atoms with Crippen LogP contribution in [-0.2, 0) is 6.54 Å². The highest BCUT2D eigenvalue weighted by atomic mass is 16.6. The molecular weight excluding hydrogens is 204 g/mol. The molecule has 0 amide bonds. The van der Waals surface area contributed by atoms with E-state index < -0.39 is 0 Å². The van der Waals surface area contributed by atoms with Crippen LogP contribution in [0.25, 0.3) is 0 Å². The summed E-state index contributed by atoms with van der Waals surface area (Å²) in [5, 5.41) is 13.1. The van der Waals surface area contributed by atoms with Crippen LogP contribution in [0.2, 0.25) is 0 Å². The number of hydrogen-bond acceptors (Lipinski definition) is 2. The number of para-hydroxylation sites is 1. The van der Waals surface area contributed by atoms with Crippen LogP contribution in [-0.4, -0.2) is 11.0 Å². The van der Waals surface area contributed by atoms with E-state index in [1.54, 1.807) is 12.1 Å². The summed E-state index contributed by atoms with van der Waals surface area (Å²) in [5.74, 6) is 0. The lowest BCUT2D eigenvalue weighted by atomic mass is 10.1. The van der Waals surface area contributed by atoms with Crippen molar-refractivity contribution in [3.05, 3.63) is 39.9 Å². The monoisotopic (exact) mass is 221 g/mol. The molecule has 0 saturated heterocycles. The topological polar surface area (TPSA) is 59.8 Å². The molecular formula is C12H17N2O2+. The molecule has 1 aromatic carbocycles. The van der Waals surface area contributed by atoms with Gasteiger partial charge in [0.25, 0.3) is 5.69 Å². The fourth-order valence-electron chi connectivity index (χ4n) is 2.35. The van der Waals surface area contributed by atoms with E-state index in [4.69, 9.17) is 0 Å². The van der Waals surface area contributed by atoms with E-state index in [1.807, 2.05) is 12.1 Å². The minimum absolute atomic E-state index is 0.247. The Morgan fingerprint density at radius 1 is 1.31 bits per heavy atom. The van der Waals surface area contributed by atoms with Crippen LogP contribution in [0, 0.1) is 10.1 Å². The van der Waals surface area contributed by atoms with Crippen molar-refractivity contribution in [2.24, 2.45) is 0 Å². The molecule has 1 fully saturated rings.